The van der Waals surface area contributed by atoms with Crippen molar-refractivity contribution in [3.05, 3.63) is 0 Å². The van der Waals surface area contributed by atoms with Crippen LogP contribution in [-0.2, 0) is 14.6 Å². The van der Waals surface area contributed by atoms with Gasteiger partial charge in [-0.2, -0.15) is 11.8 Å². The van der Waals surface area contributed by atoms with Crippen LogP contribution in [0.2, 0.25) is 0 Å². The van der Waals surface area contributed by atoms with Crippen LogP contribution >= 0.6 is 11.8 Å². The molecule has 7 heteroatoms. The summed E-state index contributed by atoms with van der Waals surface area (Å²) in [4.78, 5) is 2.11. The highest BCUT2D eigenvalue weighted by atomic mass is 32.2. The molecule has 1 unspecified atom stereocenters. The maximum atomic E-state index is 12.1. The molecular weight excluding hydrogens is 308 g/mol. The number of thioether (sulfide) groups is 1. The standard InChI is InChI=1S/C14H30N2O3S2/c1-3-5-10-19-11-7-15-6-8-16-9-12-20-13-14(16)21(17,18)4-2/h14-15H,3-13H2,1-2H3. The fraction of sp³-hybridized carbons (Fsp3) is 1.00. The van der Waals surface area contributed by atoms with Gasteiger partial charge in [0, 0.05) is 50.0 Å². The molecule has 0 aromatic rings. The number of ether oxygens (including phenoxy) is 1. The van der Waals surface area contributed by atoms with E-state index < -0.39 is 9.84 Å². The van der Waals surface area contributed by atoms with Crippen molar-refractivity contribution in [3.63, 3.8) is 0 Å². The number of hydrogen-bond donors (Lipinski definition) is 1. The zero-order chi connectivity index (χ0) is 15.6. The minimum Gasteiger partial charge on any atom is -0.380 e. The van der Waals surface area contributed by atoms with Gasteiger partial charge in [0.1, 0.15) is 5.37 Å². The number of nitrogens with one attached hydrogen (secondary N) is 1. The van der Waals surface area contributed by atoms with Crippen molar-refractivity contribution in [2.75, 3.05) is 56.7 Å². The Kier molecular flexibility index (Phi) is 9.92. The third-order valence-corrected chi connectivity index (χ3v) is 6.98. The molecule has 0 radical (unpaired) electrons. The lowest BCUT2D eigenvalue weighted by Crippen LogP contribution is -2.50. The molecule has 1 rings (SSSR count). The maximum Gasteiger partial charge on any atom is 0.166 e. The van der Waals surface area contributed by atoms with Gasteiger partial charge in [0.2, 0.25) is 0 Å². The second-order valence-corrected chi connectivity index (χ2v) is 8.83. The lowest BCUT2D eigenvalue weighted by Gasteiger charge is -2.34. The van der Waals surface area contributed by atoms with Crippen LogP contribution in [0.3, 0.4) is 0 Å². The first-order valence-electron chi connectivity index (χ1n) is 7.93. The van der Waals surface area contributed by atoms with Crippen LogP contribution in [-0.4, -0.2) is 75.3 Å². The van der Waals surface area contributed by atoms with E-state index in [4.69, 9.17) is 4.74 Å². The number of nitrogens with zero attached hydrogens (tertiary/aromatic N) is 1. The van der Waals surface area contributed by atoms with Crippen molar-refractivity contribution in [1.29, 1.82) is 0 Å². The van der Waals surface area contributed by atoms with Crippen molar-refractivity contribution in [2.24, 2.45) is 0 Å². The largest absolute Gasteiger partial charge is 0.380 e. The van der Waals surface area contributed by atoms with Crippen molar-refractivity contribution >= 4 is 21.6 Å². The molecule has 0 spiro atoms. The minimum atomic E-state index is -2.98. The zero-order valence-electron chi connectivity index (χ0n) is 13.3. The van der Waals surface area contributed by atoms with Gasteiger partial charge in [0.25, 0.3) is 0 Å². The van der Waals surface area contributed by atoms with E-state index in [2.05, 4.69) is 17.1 Å². The summed E-state index contributed by atoms with van der Waals surface area (Å²) in [5.74, 6) is 1.96. The average Bonchev–Trinajstić information content (AvgIpc) is 2.50. The van der Waals surface area contributed by atoms with Crippen LogP contribution in [0.15, 0.2) is 0 Å². The van der Waals surface area contributed by atoms with Gasteiger partial charge >= 0.3 is 0 Å². The predicted molar refractivity (Wildman–Crippen MR) is 90.7 cm³/mol. The fourth-order valence-corrected chi connectivity index (χ4v) is 5.35. The Balaban J connectivity index is 2.20. The van der Waals surface area contributed by atoms with Gasteiger partial charge in [-0.15, -0.1) is 0 Å². The average molecular weight is 339 g/mol. The summed E-state index contributed by atoms with van der Waals surface area (Å²) in [7, 11) is -2.98. The first-order valence-corrected chi connectivity index (χ1v) is 10.8. The Bertz CT molecular complexity index is 363. The zero-order valence-corrected chi connectivity index (χ0v) is 15.0. The molecule has 1 N–H and O–H groups in total. The van der Waals surface area contributed by atoms with E-state index in [0.29, 0.717) is 5.75 Å². The van der Waals surface area contributed by atoms with Gasteiger partial charge in [-0.05, 0) is 6.42 Å². The number of unbranched alkanes of at least 4 members (excludes halogenated alkanes) is 1. The molecule has 0 aromatic carbocycles. The minimum absolute atomic E-state index is 0.230. The predicted octanol–water partition coefficient (Wildman–Crippen LogP) is 1.20. The maximum absolute atomic E-state index is 12.1. The molecular formula is C14H30N2O3S2. The van der Waals surface area contributed by atoms with Gasteiger partial charge in [-0.1, -0.05) is 20.3 Å². The number of sulfone groups is 1. The molecule has 0 saturated carbocycles. The molecule has 0 aromatic heterocycles. The van der Waals surface area contributed by atoms with Crippen LogP contribution in [0.1, 0.15) is 26.7 Å². The normalized spacial score (nSPS) is 20.8. The van der Waals surface area contributed by atoms with Gasteiger partial charge in [-0.25, -0.2) is 8.42 Å². The summed E-state index contributed by atoms with van der Waals surface area (Å²) >= 11 is 1.74. The molecule has 126 valence electrons. The Morgan fingerprint density at radius 1 is 1.29 bits per heavy atom. The fourth-order valence-electron chi connectivity index (χ4n) is 2.23. The number of hydrogen-bond acceptors (Lipinski definition) is 6. The van der Waals surface area contributed by atoms with E-state index in [9.17, 15) is 8.42 Å². The second kappa shape index (κ2) is 10.8. The third-order valence-electron chi connectivity index (χ3n) is 3.65. The van der Waals surface area contributed by atoms with Crippen molar-refractivity contribution < 1.29 is 13.2 Å². The SMILES string of the molecule is CCCCOCCNCCN1CCSCC1S(=O)(=O)CC. The third kappa shape index (κ3) is 7.32. The van der Waals surface area contributed by atoms with Crippen LogP contribution in [0.5, 0.6) is 0 Å². The summed E-state index contributed by atoms with van der Waals surface area (Å²) < 4.78 is 29.7. The highest BCUT2D eigenvalue weighted by Gasteiger charge is 2.32. The quantitative estimate of drug-likeness (QED) is 0.571. The Labute approximate surface area is 134 Å². The topological polar surface area (TPSA) is 58.6 Å². The Morgan fingerprint density at radius 3 is 2.81 bits per heavy atom. The molecule has 0 bridgehead atoms. The molecule has 1 fully saturated rings. The van der Waals surface area contributed by atoms with E-state index in [0.717, 1.165) is 58.0 Å². The molecule has 1 aliphatic rings. The number of rotatable bonds is 11. The van der Waals surface area contributed by atoms with Crippen molar-refractivity contribution in [1.82, 2.24) is 10.2 Å². The van der Waals surface area contributed by atoms with Gasteiger partial charge in [0.15, 0.2) is 9.84 Å². The highest BCUT2D eigenvalue weighted by Crippen LogP contribution is 2.20. The van der Waals surface area contributed by atoms with Crippen LogP contribution in [0.25, 0.3) is 0 Å². The van der Waals surface area contributed by atoms with E-state index in [-0.39, 0.29) is 11.1 Å². The van der Waals surface area contributed by atoms with Crippen LogP contribution < -0.4 is 5.32 Å². The van der Waals surface area contributed by atoms with E-state index in [1.807, 2.05) is 0 Å². The van der Waals surface area contributed by atoms with Crippen molar-refractivity contribution in [3.8, 4) is 0 Å². The molecule has 1 atom stereocenters. The monoisotopic (exact) mass is 338 g/mol. The first kappa shape index (κ1) is 19.2. The second-order valence-electron chi connectivity index (χ2n) is 5.23. The summed E-state index contributed by atoms with van der Waals surface area (Å²) in [5, 5.41) is 3.03. The Morgan fingerprint density at radius 2 is 2.10 bits per heavy atom. The van der Waals surface area contributed by atoms with Gasteiger partial charge in [0.05, 0.1) is 6.61 Å². The molecule has 0 amide bonds. The van der Waals surface area contributed by atoms with Crippen LogP contribution in [0, 0.1) is 0 Å². The summed E-state index contributed by atoms with van der Waals surface area (Å²) in [6.07, 6.45) is 2.27. The molecule has 1 heterocycles. The molecule has 0 aliphatic carbocycles. The molecule has 5 nitrogen and oxygen atoms in total. The van der Waals surface area contributed by atoms with E-state index in [1.54, 1.807) is 18.7 Å². The smallest absolute Gasteiger partial charge is 0.166 e. The summed E-state index contributed by atoms with van der Waals surface area (Å²) in [6, 6.07) is 0. The Hall–Kier alpha value is 0.180. The van der Waals surface area contributed by atoms with E-state index in [1.165, 1.54) is 0 Å². The summed E-state index contributed by atoms with van der Waals surface area (Å²) in [5.41, 5.74) is 0. The molecule has 21 heavy (non-hydrogen) atoms. The van der Waals surface area contributed by atoms with Crippen molar-refractivity contribution in [2.45, 2.75) is 32.1 Å². The highest BCUT2D eigenvalue weighted by molar-refractivity contribution is 8.01. The lowest BCUT2D eigenvalue weighted by molar-refractivity contribution is 0.132. The van der Waals surface area contributed by atoms with E-state index >= 15 is 0 Å². The molecule has 1 saturated heterocycles. The summed E-state index contributed by atoms with van der Waals surface area (Å²) in [6.45, 7) is 8.75. The van der Waals surface area contributed by atoms with Gasteiger partial charge in [-0.3, -0.25) is 4.90 Å². The van der Waals surface area contributed by atoms with Crippen LogP contribution in [0.4, 0.5) is 0 Å². The van der Waals surface area contributed by atoms with Gasteiger partial charge < -0.3 is 10.1 Å². The molecule has 1 aliphatic heterocycles. The lowest BCUT2D eigenvalue weighted by atomic mass is 10.4. The first-order chi connectivity index (χ1) is 10.1.